The fourth-order valence-electron chi connectivity index (χ4n) is 1.55. The first-order valence-electron chi connectivity index (χ1n) is 6.28. The van der Waals surface area contributed by atoms with Gasteiger partial charge in [-0.1, -0.05) is 43.3 Å². The Kier molecular flexibility index (Phi) is 5.39. The molecule has 1 aromatic carbocycles. The second kappa shape index (κ2) is 6.58. The molecule has 0 aliphatic heterocycles. The van der Waals surface area contributed by atoms with E-state index >= 15 is 0 Å². The molecule has 1 atom stereocenters. The van der Waals surface area contributed by atoms with Crippen molar-refractivity contribution in [3.8, 4) is 0 Å². The second-order valence-electron chi connectivity index (χ2n) is 4.68. The fourth-order valence-corrected chi connectivity index (χ4v) is 1.55. The molecule has 0 saturated carbocycles. The summed E-state index contributed by atoms with van der Waals surface area (Å²) in [6.45, 7) is 4.52. The molecule has 0 saturated heterocycles. The molecular formula is C15H23NO. The van der Waals surface area contributed by atoms with Crippen LogP contribution in [-0.2, 0) is 6.42 Å². The molecule has 0 fully saturated rings. The molecular weight excluding hydrogens is 210 g/mol. The number of aryl methyl sites for hydroxylation is 1. The van der Waals surface area contributed by atoms with Crippen LogP contribution in [0.15, 0.2) is 30.3 Å². The normalized spacial score (nSPS) is 15.1. The summed E-state index contributed by atoms with van der Waals surface area (Å²) in [4.78, 5) is 0. The van der Waals surface area contributed by atoms with E-state index in [-0.39, 0.29) is 0 Å². The predicted octanol–water partition coefficient (Wildman–Crippen LogP) is 2.75. The summed E-state index contributed by atoms with van der Waals surface area (Å²) in [6.07, 6.45) is 6.59. The van der Waals surface area contributed by atoms with Gasteiger partial charge in [0, 0.05) is 0 Å². The van der Waals surface area contributed by atoms with Gasteiger partial charge in [0.25, 0.3) is 0 Å². The summed E-state index contributed by atoms with van der Waals surface area (Å²) in [5.41, 5.74) is 7.22. The van der Waals surface area contributed by atoms with Gasteiger partial charge in [-0.25, -0.2) is 0 Å². The molecule has 94 valence electrons. The van der Waals surface area contributed by atoms with Gasteiger partial charge in [0.15, 0.2) is 0 Å². The molecule has 0 spiro atoms. The topological polar surface area (TPSA) is 46.2 Å². The Balaban J connectivity index is 2.71. The third-order valence-corrected chi connectivity index (χ3v) is 2.97. The number of benzene rings is 1. The third kappa shape index (κ3) is 5.16. The largest absolute Gasteiger partial charge is 0.386 e. The van der Waals surface area contributed by atoms with Crippen molar-refractivity contribution in [1.29, 1.82) is 0 Å². The highest BCUT2D eigenvalue weighted by atomic mass is 16.3. The van der Waals surface area contributed by atoms with Crippen LogP contribution in [0.4, 0.5) is 0 Å². The highest BCUT2D eigenvalue weighted by Gasteiger charge is 2.11. The lowest BCUT2D eigenvalue weighted by atomic mass is 10.0. The fraction of sp³-hybridized carbons (Fsp3) is 0.467. The summed E-state index contributed by atoms with van der Waals surface area (Å²) in [7, 11) is 0. The smallest absolute Gasteiger partial charge is 0.0800 e. The zero-order valence-corrected chi connectivity index (χ0v) is 10.8. The molecule has 0 bridgehead atoms. The maximum absolute atomic E-state index is 9.89. The van der Waals surface area contributed by atoms with Crippen LogP contribution in [0.2, 0.25) is 0 Å². The van der Waals surface area contributed by atoms with Crippen LogP contribution in [0.1, 0.15) is 37.8 Å². The first-order valence-corrected chi connectivity index (χ1v) is 6.28. The van der Waals surface area contributed by atoms with Crippen molar-refractivity contribution in [1.82, 2.24) is 0 Å². The Morgan fingerprint density at radius 2 is 2.18 bits per heavy atom. The lowest BCUT2D eigenvalue weighted by molar-refractivity contribution is 0.108. The monoisotopic (exact) mass is 233 g/mol. The lowest BCUT2D eigenvalue weighted by Gasteiger charge is -2.15. The Morgan fingerprint density at radius 3 is 2.82 bits per heavy atom. The minimum absolute atomic E-state index is 0.715. The Bertz CT molecular complexity index is 369. The van der Waals surface area contributed by atoms with Crippen LogP contribution in [0.5, 0.6) is 0 Å². The van der Waals surface area contributed by atoms with Crippen LogP contribution >= 0.6 is 0 Å². The van der Waals surface area contributed by atoms with E-state index in [1.807, 2.05) is 38.1 Å². The summed E-state index contributed by atoms with van der Waals surface area (Å²) < 4.78 is 0. The predicted molar refractivity (Wildman–Crippen MR) is 73.8 cm³/mol. The van der Waals surface area contributed by atoms with Crippen LogP contribution in [-0.4, -0.2) is 17.3 Å². The van der Waals surface area contributed by atoms with E-state index in [2.05, 4.69) is 12.1 Å². The molecule has 0 aliphatic carbocycles. The second-order valence-corrected chi connectivity index (χ2v) is 4.68. The first-order chi connectivity index (χ1) is 8.07. The average Bonchev–Trinajstić information content (AvgIpc) is 2.35. The van der Waals surface area contributed by atoms with Gasteiger partial charge in [-0.2, -0.15) is 0 Å². The Morgan fingerprint density at radius 1 is 1.41 bits per heavy atom. The van der Waals surface area contributed by atoms with Gasteiger partial charge < -0.3 is 10.8 Å². The van der Waals surface area contributed by atoms with Crippen molar-refractivity contribution >= 4 is 6.08 Å². The lowest BCUT2D eigenvalue weighted by Crippen LogP contribution is -2.18. The van der Waals surface area contributed by atoms with Gasteiger partial charge >= 0.3 is 0 Å². The van der Waals surface area contributed by atoms with E-state index in [0.717, 1.165) is 31.4 Å². The summed E-state index contributed by atoms with van der Waals surface area (Å²) in [6, 6.07) is 8.36. The van der Waals surface area contributed by atoms with Crippen LogP contribution < -0.4 is 5.73 Å². The zero-order valence-electron chi connectivity index (χ0n) is 10.8. The maximum Gasteiger partial charge on any atom is 0.0800 e. The molecule has 0 aromatic heterocycles. The molecule has 2 heteroatoms. The van der Waals surface area contributed by atoms with Gasteiger partial charge in [0.1, 0.15) is 0 Å². The number of hydrogen-bond donors (Lipinski definition) is 2. The van der Waals surface area contributed by atoms with Crippen molar-refractivity contribution in [3.05, 3.63) is 41.5 Å². The van der Waals surface area contributed by atoms with Gasteiger partial charge in [0.2, 0.25) is 0 Å². The number of hydrogen-bond acceptors (Lipinski definition) is 2. The average molecular weight is 233 g/mol. The minimum atomic E-state index is -0.715. The van der Waals surface area contributed by atoms with Gasteiger partial charge in [-0.05, 0) is 43.9 Å². The molecule has 2 nitrogen and oxygen atoms in total. The van der Waals surface area contributed by atoms with Crippen molar-refractivity contribution in [3.63, 3.8) is 0 Å². The summed E-state index contributed by atoms with van der Waals surface area (Å²) in [5, 5.41) is 9.89. The van der Waals surface area contributed by atoms with Gasteiger partial charge in [-0.15, -0.1) is 0 Å². The highest BCUT2D eigenvalue weighted by molar-refractivity contribution is 5.51. The molecule has 1 aromatic rings. The molecule has 0 radical (unpaired) electrons. The van der Waals surface area contributed by atoms with Crippen LogP contribution in [0.25, 0.3) is 6.08 Å². The van der Waals surface area contributed by atoms with E-state index < -0.39 is 5.60 Å². The number of rotatable bonds is 6. The SMILES string of the molecule is CCC(C)(O)/C=C/c1cccc(CCCN)c1. The third-order valence-electron chi connectivity index (χ3n) is 2.97. The van der Waals surface area contributed by atoms with E-state index in [1.54, 1.807) is 0 Å². The van der Waals surface area contributed by atoms with Crippen LogP contribution in [0.3, 0.4) is 0 Å². The summed E-state index contributed by atoms with van der Waals surface area (Å²) in [5.74, 6) is 0. The number of nitrogens with two attached hydrogens (primary N) is 1. The van der Waals surface area contributed by atoms with Crippen molar-refractivity contribution in [2.24, 2.45) is 5.73 Å². The molecule has 3 N–H and O–H groups in total. The molecule has 1 rings (SSSR count). The minimum Gasteiger partial charge on any atom is -0.386 e. The standard InChI is InChI=1S/C15H23NO/c1-3-15(2,17)10-9-14-7-4-6-13(12-14)8-5-11-16/h4,6-7,9-10,12,17H,3,5,8,11,16H2,1-2H3/b10-9+. The van der Waals surface area contributed by atoms with Crippen molar-refractivity contribution in [2.45, 2.75) is 38.7 Å². The zero-order chi connectivity index (χ0) is 12.7. The Labute approximate surface area is 104 Å². The first kappa shape index (κ1) is 13.9. The molecule has 17 heavy (non-hydrogen) atoms. The number of aliphatic hydroxyl groups is 1. The molecule has 1 unspecified atom stereocenters. The maximum atomic E-state index is 9.89. The van der Waals surface area contributed by atoms with Crippen molar-refractivity contribution in [2.75, 3.05) is 6.54 Å². The van der Waals surface area contributed by atoms with Gasteiger partial charge in [-0.3, -0.25) is 0 Å². The van der Waals surface area contributed by atoms with E-state index in [0.29, 0.717) is 0 Å². The highest BCUT2D eigenvalue weighted by Crippen LogP contribution is 2.14. The van der Waals surface area contributed by atoms with E-state index in [1.165, 1.54) is 5.56 Å². The van der Waals surface area contributed by atoms with Crippen molar-refractivity contribution < 1.29 is 5.11 Å². The van der Waals surface area contributed by atoms with E-state index in [9.17, 15) is 5.11 Å². The van der Waals surface area contributed by atoms with E-state index in [4.69, 9.17) is 5.73 Å². The summed E-state index contributed by atoms with van der Waals surface area (Å²) >= 11 is 0. The van der Waals surface area contributed by atoms with Crippen LogP contribution in [0, 0.1) is 0 Å². The quantitative estimate of drug-likeness (QED) is 0.793. The Hall–Kier alpha value is -1.12. The molecule has 0 aliphatic rings. The molecule has 0 amide bonds. The molecule has 0 heterocycles. The van der Waals surface area contributed by atoms with Gasteiger partial charge in [0.05, 0.1) is 5.60 Å².